The molecule has 1 rings (SSSR count). The molecule has 0 radical (unpaired) electrons. The molecule has 1 fully saturated rings. The monoisotopic (exact) mass is 172 g/mol. The van der Waals surface area contributed by atoms with E-state index in [1.807, 2.05) is 0 Å². The molecule has 0 aromatic heterocycles. The zero-order chi connectivity index (χ0) is 8.97. The Kier molecular flexibility index (Phi) is 3.98. The Hall–Kier alpha value is -0.120. The van der Waals surface area contributed by atoms with Crippen LogP contribution in [0.25, 0.3) is 0 Å². The van der Waals surface area contributed by atoms with Crippen LogP contribution in [-0.4, -0.2) is 48.8 Å². The summed E-state index contributed by atoms with van der Waals surface area (Å²) in [6.07, 6.45) is 2.51. The molecular formula is C9H20N2O. The van der Waals surface area contributed by atoms with Crippen molar-refractivity contribution in [3.05, 3.63) is 0 Å². The minimum absolute atomic E-state index is 0.226. The number of rotatable bonds is 6. The molecule has 0 unspecified atom stereocenters. The lowest BCUT2D eigenvalue weighted by molar-refractivity contribution is 0.189. The maximum Gasteiger partial charge on any atom is 0.0636 e. The van der Waals surface area contributed by atoms with E-state index >= 15 is 0 Å². The fourth-order valence-corrected chi connectivity index (χ4v) is 1.26. The molecule has 0 aromatic rings. The van der Waals surface area contributed by atoms with Gasteiger partial charge < -0.3 is 15.3 Å². The number of likely N-dealkylation sites (N-methyl/N-ethyl adjacent to an activating group) is 1. The largest absolute Gasteiger partial charge is 0.392 e. The Morgan fingerprint density at radius 1 is 1.58 bits per heavy atom. The topological polar surface area (TPSA) is 35.5 Å². The molecule has 0 heterocycles. The van der Waals surface area contributed by atoms with Crippen molar-refractivity contribution in [3.63, 3.8) is 0 Å². The van der Waals surface area contributed by atoms with Crippen LogP contribution in [0.5, 0.6) is 0 Å². The zero-order valence-corrected chi connectivity index (χ0v) is 8.08. The average molecular weight is 172 g/mol. The van der Waals surface area contributed by atoms with Crippen LogP contribution in [0.3, 0.4) is 0 Å². The molecular weight excluding hydrogens is 152 g/mol. The van der Waals surface area contributed by atoms with E-state index in [0.29, 0.717) is 6.54 Å². The number of nitrogens with zero attached hydrogens (tertiary/aromatic N) is 1. The van der Waals surface area contributed by atoms with Gasteiger partial charge in [0.15, 0.2) is 0 Å². The standard InChI is InChI=1S/C9H20N2O/c1-8(12)7-10-5-6-11(2)9-3-4-9/h8-10,12H,3-7H2,1-2H3/t8-/m1/s1. The van der Waals surface area contributed by atoms with Crippen LogP contribution in [0.1, 0.15) is 19.8 Å². The average Bonchev–Trinajstić information content (AvgIpc) is 2.79. The van der Waals surface area contributed by atoms with Gasteiger partial charge in [0, 0.05) is 25.7 Å². The van der Waals surface area contributed by atoms with Crippen molar-refractivity contribution in [3.8, 4) is 0 Å². The minimum Gasteiger partial charge on any atom is -0.392 e. The van der Waals surface area contributed by atoms with Gasteiger partial charge in [0.05, 0.1) is 6.10 Å². The third kappa shape index (κ3) is 4.04. The molecule has 0 aromatic carbocycles. The summed E-state index contributed by atoms with van der Waals surface area (Å²) in [5.74, 6) is 0. The molecule has 3 nitrogen and oxygen atoms in total. The van der Waals surface area contributed by atoms with E-state index in [1.165, 1.54) is 12.8 Å². The summed E-state index contributed by atoms with van der Waals surface area (Å²) in [5.41, 5.74) is 0. The molecule has 0 bridgehead atoms. The van der Waals surface area contributed by atoms with E-state index < -0.39 is 0 Å². The Balaban J connectivity index is 1.87. The molecule has 12 heavy (non-hydrogen) atoms. The van der Waals surface area contributed by atoms with E-state index in [4.69, 9.17) is 5.11 Å². The summed E-state index contributed by atoms with van der Waals surface area (Å²) in [5, 5.41) is 12.2. The zero-order valence-electron chi connectivity index (χ0n) is 8.08. The van der Waals surface area contributed by atoms with Crippen LogP contribution in [-0.2, 0) is 0 Å². The molecule has 0 spiro atoms. The predicted octanol–water partition coefficient (Wildman–Crippen LogP) is 0.0510. The SMILES string of the molecule is C[C@@H](O)CNCCN(C)C1CC1. The first-order chi connectivity index (χ1) is 5.70. The first-order valence-corrected chi connectivity index (χ1v) is 4.79. The molecule has 72 valence electrons. The highest BCUT2D eigenvalue weighted by Crippen LogP contribution is 2.24. The fourth-order valence-electron chi connectivity index (χ4n) is 1.26. The van der Waals surface area contributed by atoms with Crippen molar-refractivity contribution in [1.82, 2.24) is 10.2 Å². The Bertz CT molecular complexity index is 124. The smallest absolute Gasteiger partial charge is 0.0636 e. The minimum atomic E-state index is -0.226. The van der Waals surface area contributed by atoms with Crippen molar-refractivity contribution >= 4 is 0 Å². The third-order valence-electron chi connectivity index (χ3n) is 2.25. The number of nitrogens with one attached hydrogen (secondary N) is 1. The van der Waals surface area contributed by atoms with E-state index in [1.54, 1.807) is 6.92 Å². The van der Waals surface area contributed by atoms with Crippen LogP contribution in [0.15, 0.2) is 0 Å². The lowest BCUT2D eigenvalue weighted by atomic mass is 10.4. The fraction of sp³-hybridized carbons (Fsp3) is 1.00. The first-order valence-electron chi connectivity index (χ1n) is 4.79. The highest BCUT2D eigenvalue weighted by Gasteiger charge is 2.25. The van der Waals surface area contributed by atoms with E-state index in [9.17, 15) is 0 Å². The first kappa shape index (κ1) is 9.96. The number of hydrogen-bond acceptors (Lipinski definition) is 3. The molecule has 1 aliphatic carbocycles. The summed E-state index contributed by atoms with van der Waals surface area (Å²) in [6, 6.07) is 0.846. The highest BCUT2D eigenvalue weighted by molar-refractivity contribution is 4.82. The van der Waals surface area contributed by atoms with Gasteiger partial charge in [-0.05, 0) is 26.8 Å². The third-order valence-corrected chi connectivity index (χ3v) is 2.25. The Morgan fingerprint density at radius 3 is 2.75 bits per heavy atom. The van der Waals surface area contributed by atoms with Crippen LogP contribution in [0.2, 0.25) is 0 Å². The van der Waals surface area contributed by atoms with Crippen molar-refractivity contribution in [2.24, 2.45) is 0 Å². The molecule has 2 N–H and O–H groups in total. The van der Waals surface area contributed by atoms with Gasteiger partial charge in [-0.2, -0.15) is 0 Å². The second-order valence-electron chi connectivity index (χ2n) is 3.76. The van der Waals surface area contributed by atoms with Gasteiger partial charge in [0.1, 0.15) is 0 Å². The second kappa shape index (κ2) is 4.80. The van der Waals surface area contributed by atoms with Crippen LogP contribution < -0.4 is 5.32 Å². The van der Waals surface area contributed by atoms with Gasteiger partial charge in [-0.25, -0.2) is 0 Å². The van der Waals surface area contributed by atoms with Crippen LogP contribution in [0.4, 0.5) is 0 Å². The Morgan fingerprint density at radius 2 is 2.25 bits per heavy atom. The van der Waals surface area contributed by atoms with Gasteiger partial charge in [-0.3, -0.25) is 0 Å². The number of hydrogen-bond donors (Lipinski definition) is 2. The number of aliphatic hydroxyl groups excluding tert-OH is 1. The van der Waals surface area contributed by atoms with Crippen molar-refractivity contribution < 1.29 is 5.11 Å². The van der Waals surface area contributed by atoms with Crippen LogP contribution in [0, 0.1) is 0 Å². The molecule has 0 saturated heterocycles. The van der Waals surface area contributed by atoms with E-state index in [0.717, 1.165) is 19.1 Å². The van der Waals surface area contributed by atoms with E-state index in [2.05, 4.69) is 17.3 Å². The molecule has 1 atom stereocenters. The Labute approximate surface area is 74.8 Å². The lowest BCUT2D eigenvalue weighted by Crippen LogP contribution is -2.33. The summed E-state index contributed by atoms with van der Waals surface area (Å²) in [7, 11) is 2.17. The van der Waals surface area contributed by atoms with Gasteiger partial charge >= 0.3 is 0 Å². The summed E-state index contributed by atoms with van der Waals surface area (Å²) in [4.78, 5) is 2.38. The summed E-state index contributed by atoms with van der Waals surface area (Å²) >= 11 is 0. The maximum absolute atomic E-state index is 8.96. The van der Waals surface area contributed by atoms with Gasteiger partial charge in [0.25, 0.3) is 0 Å². The summed E-state index contributed by atoms with van der Waals surface area (Å²) < 4.78 is 0. The van der Waals surface area contributed by atoms with Gasteiger partial charge in [-0.1, -0.05) is 0 Å². The maximum atomic E-state index is 8.96. The van der Waals surface area contributed by atoms with Gasteiger partial charge in [-0.15, -0.1) is 0 Å². The van der Waals surface area contributed by atoms with Crippen molar-refractivity contribution in [2.75, 3.05) is 26.7 Å². The predicted molar refractivity (Wildman–Crippen MR) is 50.2 cm³/mol. The van der Waals surface area contributed by atoms with E-state index in [-0.39, 0.29) is 6.10 Å². The summed E-state index contributed by atoms with van der Waals surface area (Å²) in [6.45, 7) is 4.59. The highest BCUT2D eigenvalue weighted by atomic mass is 16.3. The molecule has 3 heteroatoms. The molecule has 0 aliphatic heterocycles. The second-order valence-corrected chi connectivity index (χ2v) is 3.76. The van der Waals surface area contributed by atoms with Crippen molar-refractivity contribution in [1.29, 1.82) is 0 Å². The molecule has 0 amide bonds. The van der Waals surface area contributed by atoms with Crippen molar-refractivity contribution in [2.45, 2.75) is 31.9 Å². The molecule has 1 aliphatic rings. The normalized spacial score (nSPS) is 20.0. The molecule has 1 saturated carbocycles. The lowest BCUT2D eigenvalue weighted by Gasteiger charge is -2.16. The van der Waals surface area contributed by atoms with Gasteiger partial charge in [0.2, 0.25) is 0 Å². The quantitative estimate of drug-likeness (QED) is 0.556. The van der Waals surface area contributed by atoms with Crippen LogP contribution >= 0.6 is 0 Å². The number of aliphatic hydroxyl groups is 1.